The maximum absolute atomic E-state index is 13.7. The number of amides is 1. The first-order chi connectivity index (χ1) is 14.1. The lowest BCUT2D eigenvalue weighted by Gasteiger charge is -2.30. The summed E-state index contributed by atoms with van der Waals surface area (Å²) in [5, 5.41) is 7.50. The lowest BCUT2D eigenvalue weighted by atomic mass is 9.81. The lowest BCUT2D eigenvalue weighted by molar-refractivity contribution is -0.140. The summed E-state index contributed by atoms with van der Waals surface area (Å²) in [5.41, 5.74) is 2.29. The van der Waals surface area contributed by atoms with Gasteiger partial charge in [0.05, 0.1) is 6.10 Å². The second-order valence-corrected chi connectivity index (χ2v) is 8.50. The van der Waals surface area contributed by atoms with Crippen LogP contribution in [-0.2, 0) is 21.4 Å². The van der Waals surface area contributed by atoms with Gasteiger partial charge in [-0.15, -0.1) is 0 Å². The molecule has 0 radical (unpaired) electrons. The average molecular weight is 413 g/mol. The molecule has 1 amide bonds. The summed E-state index contributed by atoms with van der Waals surface area (Å²) in [5.74, 6) is -1.42. The quantitative estimate of drug-likeness (QED) is 0.745. The van der Waals surface area contributed by atoms with Crippen molar-refractivity contribution in [2.24, 2.45) is 0 Å². The number of carbonyl (C=O) groups excluding carboxylic acids is 2. The van der Waals surface area contributed by atoms with Gasteiger partial charge in [-0.05, 0) is 38.5 Å². The monoisotopic (exact) mass is 413 g/mol. The minimum absolute atomic E-state index is 0.215. The third-order valence-corrected chi connectivity index (χ3v) is 5.02. The van der Waals surface area contributed by atoms with Crippen molar-refractivity contribution in [1.82, 2.24) is 15.1 Å². The van der Waals surface area contributed by atoms with Crippen LogP contribution in [0.25, 0.3) is 5.57 Å². The summed E-state index contributed by atoms with van der Waals surface area (Å²) in [6.07, 6.45) is 2.85. The van der Waals surface area contributed by atoms with Crippen LogP contribution in [0.2, 0.25) is 0 Å². The van der Waals surface area contributed by atoms with Gasteiger partial charge in [0.1, 0.15) is 17.1 Å². The molecule has 0 spiro atoms. The minimum Gasteiger partial charge on any atom is -0.459 e. The van der Waals surface area contributed by atoms with Crippen molar-refractivity contribution in [3.8, 4) is 0 Å². The third-order valence-electron chi connectivity index (χ3n) is 5.02. The number of esters is 1. The van der Waals surface area contributed by atoms with Crippen LogP contribution in [0.15, 0.2) is 30.5 Å². The van der Waals surface area contributed by atoms with Crippen LogP contribution in [-0.4, -0.2) is 39.6 Å². The smallest absolute Gasteiger partial charge is 0.342 e. The maximum atomic E-state index is 13.7. The molecule has 0 atom stereocenters. The Balaban J connectivity index is 2.13. The topological polar surface area (TPSA) is 75.3 Å². The number of nitrogens with one attached hydrogen (secondary N) is 1. The molecule has 0 aliphatic carbocycles. The largest absolute Gasteiger partial charge is 0.459 e. The molecular formula is C23H28FN3O3. The lowest BCUT2D eigenvalue weighted by Crippen LogP contribution is -2.37. The maximum Gasteiger partial charge on any atom is 0.342 e. The van der Waals surface area contributed by atoms with E-state index in [-0.39, 0.29) is 23.1 Å². The molecule has 0 bridgehead atoms. The Labute approximate surface area is 176 Å². The van der Waals surface area contributed by atoms with Crippen LogP contribution in [0.5, 0.6) is 0 Å². The van der Waals surface area contributed by atoms with Gasteiger partial charge in [0.25, 0.3) is 5.91 Å². The predicted molar refractivity (Wildman–Crippen MR) is 112 cm³/mol. The Morgan fingerprint density at radius 3 is 2.70 bits per heavy atom. The average Bonchev–Trinajstić information content (AvgIpc) is 3.03. The Morgan fingerprint density at radius 1 is 1.33 bits per heavy atom. The molecule has 1 N–H and O–H groups in total. The van der Waals surface area contributed by atoms with Crippen LogP contribution in [0.3, 0.4) is 0 Å². The van der Waals surface area contributed by atoms with Crippen molar-refractivity contribution < 1.29 is 18.7 Å². The molecule has 6 nitrogen and oxygen atoms in total. The highest BCUT2D eigenvalue weighted by atomic mass is 19.1. The fraction of sp³-hybridized carbons (Fsp3) is 0.435. The van der Waals surface area contributed by atoms with E-state index in [1.165, 1.54) is 29.3 Å². The van der Waals surface area contributed by atoms with Crippen LogP contribution in [0.4, 0.5) is 4.39 Å². The van der Waals surface area contributed by atoms with Crippen molar-refractivity contribution in [1.29, 1.82) is 0 Å². The van der Waals surface area contributed by atoms with E-state index in [0.29, 0.717) is 12.2 Å². The highest BCUT2D eigenvalue weighted by Gasteiger charge is 2.38. The van der Waals surface area contributed by atoms with Crippen molar-refractivity contribution in [2.75, 3.05) is 6.54 Å². The second kappa shape index (κ2) is 8.42. The Bertz CT molecular complexity index is 991. The standard InChI is InChI=1S/C23H28FN3O3/c1-6-8-18-19-20(26-25-18)17(22(29)30-14(2)3)12-27(13-23(19,4)5)21(28)15-9-7-10-16(24)11-15/h7,9-12,14H,6,8,13H2,1-5H3,(H,25,26). The number of fused-ring (bicyclic) bond motifs is 1. The number of aromatic amines is 1. The highest BCUT2D eigenvalue weighted by Crippen LogP contribution is 2.37. The molecule has 1 aromatic carbocycles. The fourth-order valence-corrected chi connectivity index (χ4v) is 3.85. The van der Waals surface area contributed by atoms with E-state index >= 15 is 0 Å². The molecule has 160 valence electrons. The summed E-state index contributed by atoms with van der Waals surface area (Å²) >= 11 is 0. The van der Waals surface area contributed by atoms with E-state index in [2.05, 4.69) is 17.1 Å². The summed E-state index contributed by atoms with van der Waals surface area (Å²) in [6, 6.07) is 5.54. The molecule has 1 aliphatic heterocycles. The summed E-state index contributed by atoms with van der Waals surface area (Å²) in [4.78, 5) is 27.6. The minimum atomic E-state index is -0.546. The number of aromatic nitrogens is 2. The number of hydrogen-bond donors (Lipinski definition) is 1. The Kier molecular flexibility index (Phi) is 6.10. The predicted octanol–water partition coefficient (Wildman–Crippen LogP) is 4.23. The molecule has 1 aliphatic rings. The van der Waals surface area contributed by atoms with E-state index in [1.54, 1.807) is 19.9 Å². The molecule has 7 heteroatoms. The molecule has 0 saturated heterocycles. The first-order valence-electron chi connectivity index (χ1n) is 10.2. The van der Waals surface area contributed by atoms with Crippen LogP contribution < -0.4 is 0 Å². The van der Waals surface area contributed by atoms with Gasteiger partial charge in [-0.2, -0.15) is 5.10 Å². The molecule has 2 heterocycles. The number of H-pyrrole nitrogens is 1. The van der Waals surface area contributed by atoms with Crippen LogP contribution in [0.1, 0.15) is 68.3 Å². The zero-order valence-electron chi connectivity index (χ0n) is 18.1. The summed E-state index contributed by atoms with van der Waals surface area (Å²) in [7, 11) is 0. The van der Waals surface area contributed by atoms with Gasteiger partial charge >= 0.3 is 5.97 Å². The van der Waals surface area contributed by atoms with E-state index < -0.39 is 17.2 Å². The first kappa shape index (κ1) is 21.7. The molecule has 1 aromatic heterocycles. The Hall–Kier alpha value is -2.96. The number of halogens is 1. The van der Waals surface area contributed by atoms with E-state index in [1.807, 2.05) is 13.8 Å². The number of aryl methyl sites for hydroxylation is 1. The normalized spacial score (nSPS) is 15.4. The molecular weight excluding hydrogens is 385 g/mol. The van der Waals surface area contributed by atoms with Crippen molar-refractivity contribution in [2.45, 2.75) is 59.0 Å². The number of hydrogen-bond acceptors (Lipinski definition) is 4. The van der Waals surface area contributed by atoms with E-state index in [4.69, 9.17) is 4.74 Å². The Morgan fingerprint density at radius 2 is 2.07 bits per heavy atom. The van der Waals surface area contributed by atoms with E-state index in [0.717, 1.165) is 24.1 Å². The molecule has 2 aromatic rings. The molecule has 0 saturated carbocycles. The van der Waals surface area contributed by atoms with Gasteiger partial charge in [-0.25, -0.2) is 9.18 Å². The number of carbonyl (C=O) groups is 2. The number of ether oxygens (including phenoxy) is 1. The van der Waals surface area contributed by atoms with E-state index in [9.17, 15) is 14.0 Å². The van der Waals surface area contributed by atoms with Crippen LogP contribution >= 0.6 is 0 Å². The molecule has 3 rings (SSSR count). The van der Waals surface area contributed by atoms with Gasteiger partial charge in [0.2, 0.25) is 0 Å². The number of nitrogens with zero attached hydrogens (tertiary/aromatic N) is 2. The third kappa shape index (κ3) is 4.30. The number of rotatable bonds is 5. The molecule has 30 heavy (non-hydrogen) atoms. The first-order valence-corrected chi connectivity index (χ1v) is 10.2. The summed E-state index contributed by atoms with van der Waals surface area (Å²) < 4.78 is 19.1. The summed E-state index contributed by atoms with van der Waals surface area (Å²) in [6.45, 7) is 9.93. The van der Waals surface area contributed by atoms with Crippen molar-refractivity contribution in [3.05, 3.63) is 58.8 Å². The van der Waals surface area contributed by atoms with Crippen molar-refractivity contribution in [3.63, 3.8) is 0 Å². The number of benzene rings is 1. The van der Waals surface area contributed by atoms with Gasteiger partial charge in [0, 0.05) is 35.0 Å². The van der Waals surface area contributed by atoms with Crippen molar-refractivity contribution >= 4 is 17.4 Å². The fourth-order valence-electron chi connectivity index (χ4n) is 3.85. The van der Waals surface area contributed by atoms with Gasteiger partial charge in [-0.1, -0.05) is 33.3 Å². The second-order valence-electron chi connectivity index (χ2n) is 8.50. The van der Waals surface area contributed by atoms with Gasteiger partial charge in [-0.3, -0.25) is 9.89 Å². The molecule has 0 unspecified atom stereocenters. The van der Waals surface area contributed by atoms with Crippen LogP contribution in [0, 0.1) is 5.82 Å². The van der Waals surface area contributed by atoms with Gasteiger partial charge < -0.3 is 9.64 Å². The molecule has 0 fully saturated rings. The zero-order chi connectivity index (χ0) is 22.1. The highest BCUT2D eigenvalue weighted by molar-refractivity contribution is 6.17. The SMILES string of the molecule is CCCc1[nH]nc2c1C(C)(C)CN(C(=O)c1cccc(F)c1)C=C2C(=O)OC(C)C. The zero-order valence-corrected chi connectivity index (χ0v) is 18.1. The van der Waals surface area contributed by atoms with Gasteiger partial charge in [0.15, 0.2) is 0 Å².